The number of nitrogens with one attached hydrogen (secondary N) is 1. The summed E-state index contributed by atoms with van der Waals surface area (Å²) in [5.74, 6) is 1.97. The van der Waals surface area contributed by atoms with Crippen molar-refractivity contribution in [1.29, 1.82) is 0 Å². The fourth-order valence-corrected chi connectivity index (χ4v) is 2.32. The lowest BCUT2D eigenvalue weighted by molar-refractivity contribution is 0.464. The number of aromatic nitrogens is 1. The van der Waals surface area contributed by atoms with Crippen LogP contribution in [-0.4, -0.2) is 49.6 Å². The molecule has 1 aromatic heterocycles. The van der Waals surface area contributed by atoms with Crippen molar-refractivity contribution < 1.29 is 0 Å². The van der Waals surface area contributed by atoms with Gasteiger partial charge in [0.1, 0.15) is 5.82 Å². The zero-order valence-electron chi connectivity index (χ0n) is 15.2. The zero-order chi connectivity index (χ0) is 16.4. The van der Waals surface area contributed by atoms with Gasteiger partial charge in [0.2, 0.25) is 0 Å². The number of anilines is 1. The molecular weight excluding hydrogens is 401 g/mol. The molecule has 132 valence electrons. The maximum atomic E-state index is 4.55. The Hall–Kier alpha value is -1.05. The molecule has 0 bridgehead atoms. The summed E-state index contributed by atoms with van der Waals surface area (Å²) in [4.78, 5) is 13.3. The Bertz CT molecular complexity index is 443. The third kappa shape index (κ3) is 7.37. The number of nitrogens with zero attached hydrogens (tertiary/aromatic N) is 4. The predicted octanol–water partition coefficient (Wildman–Crippen LogP) is 3.35. The second-order valence-electron chi connectivity index (χ2n) is 5.37. The quantitative estimate of drug-likeness (QED) is 0.388. The van der Waals surface area contributed by atoms with Crippen molar-refractivity contribution in [2.45, 2.75) is 40.2 Å². The van der Waals surface area contributed by atoms with Crippen molar-refractivity contribution in [2.75, 3.05) is 38.6 Å². The highest BCUT2D eigenvalue weighted by atomic mass is 127. The van der Waals surface area contributed by atoms with Crippen LogP contribution in [0.5, 0.6) is 0 Å². The first-order valence-electron chi connectivity index (χ1n) is 8.27. The minimum atomic E-state index is 0. The number of hydrogen-bond acceptors (Lipinski definition) is 3. The van der Waals surface area contributed by atoms with Gasteiger partial charge in [-0.25, -0.2) is 4.98 Å². The van der Waals surface area contributed by atoms with Crippen LogP contribution in [0.2, 0.25) is 0 Å². The van der Waals surface area contributed by atoms with Crippen LogP contribution in [-0.2, 0) is 6.54 Å². The van der Waals surface area contributed by atoms with Crippen molar-refractivity contribution in [3.05, 3.63) is 23.9 Å². The smallest absolute Gasteiger partial charge is 0.193 e. The van der Waals surface area contributed by atoms with E-state index in [1.807, 2.05) is 13.2 Å². The predicted molar refractivity (Wildman–Crippen MR) is 111 cm³/mol. The highest BCUT2D eigenvalue weighted by molar-refractivity contribution is 14.0. The highest BCUT2D eigenvalue weighted by Gasteiger charge is 2.06. The van der Waals surface area contributed by atoms with Crippen LogP contribution in [0.1, 0.15) is 39.2 Å². The molecular formula is C17H32IN5. The van der Waals surface area contributed by atoms with Gasteiger partial charge in [-0.2, -0.15) is 0 Å². The van der Waals surface area contributed by atoms with Gasteiger partial charge < -0.3 is 15.1 Å². The van der Waals surface area contributed by atoms with E-state index >= 15 is 0 Å². The third-order valence-electron chi connectivity index (χ3n) is 3.77. The summed E-state index contributed by atoms with van der Waals surface area (Å²) in [7, 11) is 3.90. The zero-order valence-corrected chi connectivity index (χ0v) is 17.5. The van der Waals surface area contributed by atoms with Crippen molar-refractivity contribution in [2.24, 2.45) is 4.99 Å². The normalized spacial score (nSPS) is 10.9. The molecule has 1 rings (SSSR count). The van der Waals surface area contributed by atoms with E-state index in [2.05, 4.69) is 65.0 Å². The van der Waals surface area contributed by atoms with Gasteiger partial charge in [0, 0.05) is 46.5 Å². The van der Waals surface area contributed by atoms with Crippen LogP contribution in [0.15, 0.2) is 23.3 Å². The standard InChI is InChI=1S/C17H31N5.HI/c1-6-9-12-21(5)17(18-4)20-14-15-10-11-16(19-13-15)22(7-2)8-3;/h10-11,13H,6-9,12,14H2,1-5H3,(H,18,20);1H. The maximum Gasteiger partial charge on any atom is 0.193 e. The summed E-state index contributed by atoms with van der Waals surface area (Å²) in [5, 5.41) is 3.39. The first kappa shape index (κ1) is 21.9. The molecule has 0 fully saturated rings. The van der Waals surface area contributed by atoms with Gasteiger partial charge >= 0.3 is 0 Å². The van der Waals surface area contributed by atoms with E-state index in [1.165, 1.54) is 18.4 Å². The first-order valence-corrected chi connectivity index (χ1v) is 8.27. The average molecular weight is 433 g/mol. The van der Waals surface area contributed by atoms with Crippen molar-refractivity contribution >= 4 is 35.8 Å². The fourth-order valence-electron chi connectivity index (χ4n) is 2.32. The minimum absolute atomic E-state index is 0. The SMILES string of the molecule is CCCCN(C)C(=NC)NCc1ccc(N(CC)CC)nc1.I. The average Bonchev–Trinajstić information content (AvgIpc) is 2.55. The molecule has 5 nitrogen and oxygen atoms in total. The molecule has 0 radical (unpaired) electrons. The number of aliphatic imine (C=N–C) groups is 1. The van der Waals surface area contributed by atoms with Crippen LogP contribution in [0.3, 0.4) is 0 Å². The van der Waals surface area contributed by atoms with Gasteiger partial charge in [-0.15, -0.1) is 24.0 Å². The topological polar surface area (TPSA) is 43.8 Å². The van der Waals surface area contributed by atoms with Gasteiger partial charge in [-0.3, -0.25) is 4.99 Å². The Morgan fingerprint density at radius 2 is 1.91 bits per heavy atom. The van der Waals surface area contributed by atoms with Gasteiger partial charge in [0.05, 0.1) is 0 Å². The summed E-state index contributed by atoms with van der Waals surface area (Å²) >= 11 is 0. The van der Waals surface area contributed by atoms with Gasteiger partial charge in [0.25, 0.3) is 0 Å². The molecule has 0 atom stereocenters. The lowest BCUT2D eigenvalue weighted by Crippen LogP contribution is -2.39. The van der Waals surface area contributed by atoms with Crippen LogP contribution < -0.4 is 10.2 Å². The molecule has 0 saturated carbocycles. The summed E-state index contributed by atoms with van der Waals surface area (Å²) in [6, 6.07) is 4.22. The lowest BCUT2D eigenvalue weighted by Gasteiger charge is -2.22. The molecule has 0 aliphatic carbocycles. The van der Waals surface area contributed by atoms with Crippen LogP contribution in [0, 0.1) is 0 Å². The number of unbranched alkanes of at least 4 members (excludes halogenated alkanes) is 1. The summed E-state index contributed by atoms with van der Waals surface area (Å²) in [6.45, 7) is 10.2. The molecule has 1 heterocycles. The summed E-state index contributed by atoms with van der Waals surface area (Å²) in [6.07, 6.45) is 4.31. The Morgan fingerprint density at radius 1 is 1.22 bits per heavy atom. The van der Waals surface area contributed by atoms with Gasteiger partial charge in [-0.05, 0) is 31.9 Å². The summed E-state index contributed by atoms with van der Waals surface area (Å²) < 4.78 is 0. The maximum absolute atomic E-state index is 4.55. The summed E-state index contributed by atoms with van der Waals surface area (Å²) in [5.41, 5.74) is 1.17. The molecule has 0 spiro atoms. The Labute approximate surface area is 158 Å². The molecule has 0 saturated heterocycles. The number of pyridine rings is 1. The molecule has 1 aromatic rings. The largest absolute Gasteiger partial charge is 0.357 e. The minimum Gasteiger partial charge on any atom is -0.357 e. The fraction of sp³-hybridized carbons (Fsp3) is 0.647. The van der Waals surface area contributed by atoms with E-state index in [0.29, 0.717) is 0 Å². The second kappa shape index (κ2) is 12.4. The molecule has 6 heteroatoms. The Morgan fingerprint density at radius 3 is 2.39 bits per heavy atom. The van der Waals surface area contributed by atoms with E-state index in [1.54, 1.807) is 0 Å². The van der Waals surface area contributed by atoms with Crippen molar-refractivity contribution in [3.63, 3.8) is 0 Å². The first-order chi connectivity index (χ1) is 10.7. The van der Waals surface area contributed by atoms with Crippen LogP contribution >= 0.6 is 24.0 Å². The lowest BCUT2D eigenvalue weighted by atomic mass is 10.2. The van der Waals surface area contributed by atoms with Crippen LogP contribution in [0.4, 0.5) is 5.82 Å². The van der Waals surface area contributed by atoms with Crippen molar-refractivity contribution in [3.8, 4) is 0 Å². The number of rotatable bonds is 8. The Kier molecular flexibility index (Phi) is 11.8. The van der Waals surface area contributed by atoms with E-state index in [9.17, 15) is 0 Å². The second-order valence-corrected chi connectivity index (χ2v) is 5.37. The molecule has 0 amide bonds. The van der Waals surface area contributed by atoms with E-state index in [4.69, 9.17) is 0 Å². The molecule has 0 aliphatic rings. The number of guanidine groups is 1. The molecule has 1 N–H and O–H groups in total. The third-order valence-corrected chi connectivity index (χ3v) is 3.77. The van der Waals surface area contributed by atoms with Gasteiger partial charge in [0.15, 0.2) is 5.96 Å². The number of hydrogen-bond donors (Lipinski definition) is 1. The Balaban J connectivity index is 0.00000484. The van der Waals surface area contributed by atoms with E-state index in [-0.39, 0.29) is 24.0 Å². The van der Waals surface area contributed by atoms with Crippen molar-refractivity contribution in [1.82, 2.24) is 15.2 Å². The van der Waals surface area contributed by atoms with E-state index in [0.717, 1.165) is 38.0 Å². The molecule has 0 unspecified atom stereocenters. The van der Waals surface area contributed by atoms with E-state index < -0.39 is 0 Å². The van der Waals surface area contributed by atoms with Gasteiger partial charge in [-0.1, -0.05) is 19.4 Å². The molecule has 0 aliphatic heterocycles. The van der Waals surface area contributed by atoms with Crippen LogP contribution in [0.25, 0.3) is 0 Å². The highest BCUT2D eigenvalue weighted by Crippen LogP contribution is 2.10. The molecule has 23 heavy (non-hydrogen) atoms. The monoisotopic (exact) mass is 433 g/mol. The molecule has 0 aromatic carbocycles. The number of halogens is 1.